The minimum Gasteiger partial charge on any atom is -0.491 e. The van der Waals surface area contributed by atoms with Gasteiger partial charge in [-0.1, -0.05) is 48.5 Å². The smallest absolute Gasteiger partial charge is 0.119 e. The van der Waals surface area contributed by atoms with Gasteiger partial charge in [0.1, 0.15) is 18.0 Å². The quantitative estimate of drug-likeness (QED) is 0.862. The fourth-order valence-electron chi connectivity index (χ4n) is 2.85. The van der Waals surface area contributed by atoms with Crippen LogP contribution in [0.5, 0.6) is 5.75 Å². The van der Waals surface area contributed by atoms with E-state index in [0.717, 1.165) is 38.2 Å². The van der Waals surface area contributed by atoms with Gasteiger partial charge >= 0.3 is 0 Å². The van der Waals surface area contributed by atoms with Gasteiger partial charge in [-0.25, -0.2) is 0 Å². The van der Waals surface area contributed by atoms with Crippen LogP contribution in [0.4, 0.5) is 0 Å². The number of nitrogens with zero attached hydrogens (tertiary/aromatic N) is 1. The zero-order chi connectivity index (χ0) is 15.3. The number of halogens is 1. The summed E-state index contributed by atoms with van der Waals surface area (Å²) < 4.78 is 5.73. The fourth-order valence-corrected chi connectivity index (χ4v) is 2.85. The summed E-state index contributed by atoms with van der Waals surface area (Å²) in [5.74, 6) is 0.822. The molecule has 0 saturated carbocycles. The number of likely N-dealkylation sites (tertiary alicyclic amines) is 1. The largest absolute Gasteiger partial charge is 0.491 e. The Labute approximate surface area is 148 Å². The first-order valence-corrected chi connectivity index (χ1v) is 7.90. The molecule has 1 aliphatic rings. The lowest BCUT2D eigenvalue weighted by molar-refractivity contribution is -0.0537. The molecule has 0 unspecified atom stereocenters. The first-order chi connectivity index (χ1) is 10.7. The molecule has 1 aliphatic heterocycles. The van der Waals surface area contributed by atoms with Crippen molar-refractivity contribution >= 4 is 17.0 Å². The molecule has 2 aromatic carbocycles. The fraction of sp³-hybridized carbons (Fsp3) is 0.368. The van der Waals surface area contributed by atoms with Crippen LogP contribution in [0.1, 0.15) is 18.4 Å². The molecule has 1 fully saturated rings. The van der Waals surface area contributed by atoms with Gasteiger partial charge in [0, 0.05) is 19.6 Å². The third-order valence-electron chi connectivity index (χ3n) is 4.29. The van der Waals surface area contributed by atoms with E-state index in [2.05, 4.69) is 29.2 Å². The van der Waals surface area contributed by atoms with Crippen LogP contribution >= 0.6 is 17.0 Å². The van der Waals surface area contributed by atoms with Gasteiger partial charge in [-0.3, -0.25) is 4.90 Å². The maximum absolute atomic E-state index is 10.7. The van der Waals surface area contributed by atoms with E-state index >= 15 is 0 Å². The number of hydrogen-bond acceptors (Lipinski definition) is 3. The summed E-state index contributed by atoms with van der Waals surface area (Å²) in [5, 5.41) is 10.7. The van der Waals surface area contributed by atoms with Crippen LogP contribution in [0.2, 0.25) is 0 Å². The van der Waals surface area contributed by atoms with Gasteiger partial charge in [-0.05, 0) is 30.5 Å². The monoisotopic (exact) mass is 377 g/mol. The maximum atomic E-state index is 10.7. The number of piperidine rings is 1. The number of aliphatic hydroxyl groups is 1. The molecule has 0 bridgehead atoms. The SMILES string of the molecule is Br.OC1(COc2ccccc2)CCN(Cc2ccccc2)CC1. The van der Waals surface area contributed by atoms with Crippen molar-refractivity contribution in [2.45, 2.75) is 25.0 Å². The Kier molecular flexibility index (Phi) is 6.63. The van der Waals surface area contributed by atoms with Crippen LogP contribution in [-0.4, -0.2) is 35.3 Å². The standard InChI is InChI=1S/C19H23NO2.BrH/c21-19(16-22-18-9-5-2-6-10-18)11-13-20(14-12-19)15-17-7-3-1-4-8-17;/h1-10,21H,11-16H2;1H. The predicted molar refractivity (Wildman–Crippen MR) is 98.2 cm³/mol. The van der Waals surface area contributed by atoms with Gasteiger partial charge in [-0.2, -0.15) is 0 Å². The third-order valence-corrected chi connectivity index (χ3v) is 4.29. The first-order valence-electron chi connectivity index (χ1n) is 7.90. The van der Waals surface area contributed by atoms with Crippen LogP contribution in [0.3, 0.4) is 0 Å². The average Bonchev–Trinajstić information content (AvgIpc) is 2.58. The lowest BCUT2D eigenvalue weighted by Crippen LogP contribution is -2.47. The molecule has 0 aliphatic carbocycles. The lowest BCUT2D eigenvalue weighted by Gasteiger charge is -2.37. The Bertz CT molecular complexity index is 568. The molecule has 1 heterocycles. The van der Waals surface area contributed by atoms with Crippen molar-refractivity contribution in [3.63, 3.8) is 0 Å². The van der Waals surface area contributed by atoms with Crippen molar-refractivity contribution in [1.82, 2.24) is 4.90 Å². The van der Waals surface area contributed by atoms with Crippen molar-refractivity contribution in [1.29, 1.82) is 0 Å². The number of benzene rings is 2. The molecular formula is C19H24BrNO2. The Hall–Kier alpha value is -1.36. The first kappa shape index (κ1) is 18.0. The van der Waals surface area contributed by atoms with Crippen LogP contribution in [0.25, 0.3) is 0 Å². The normalized spacial score (nSPS) is 17.3. The van der Waals surface area contributed by atoms with E-state index in [-0.39, 0.29) is 17.0 Å². The summed E-state index contributed by atoms with van der Waals surface area (Å²) >= 11 is 0. The molecule has 0 aromatic heterocycles. The highest BCUT2D eigenvalue weighted by atomic mass is 79.9. The van der Waals surface area contributed by atoms with Crippen molar-refractivity contribution in [2.75, 3.05) is 19.7 Å². The van der Waals surface area contributed by atoms with Crippen LogP contribution < -0.4 is 4.74 Å². The molecule has 3 nitrogen and oxygen atoms in total. The van der Waals surface area contributed by atoms with Crippen LogP contribution in [0, 0.1) is 0 Å². The van der Waals surface area contributed by atoms with E-state index in [1.165, 1.54) is 5.56 Å². The van der Waals surface area contributed by atoms with E-state index in [4.69, 9.17) is 4.74 Å². The second kappa shape index (κ2) is 8.48. The van der Waals surface area contributed by atoms with Gasteiger partial charge < -0.3 is 9.84 Å². The highest BCUT2D eigenvalue weighted by Gasteiger charge is 2.33. The van der Waals surface area contributed by atoms with E-state index in [1.807, 2.05) is 36.4 Å². The topological polar surface area (TPSA) is 32.7 Å². The summed E-state index contributed by atoms with van der Waals surface area (Å²) in [6, 6.07) is 20.2. The van der Waals surface area contributed by atoms with Crippen molar-refractivity contribution in [3.8, 4) is 5.75 Å². The molecule has 124 valence electrons. The molecule has 0 radical (unpaired) electrons. The second-order valence-corrected chi connectivity index (χ2v) is 6.09. The van der Waals surface area contributed by atoms with E-state index in [9.17, 15) is 5.11 Å². The Morgan fingerprint density at radius 3 is 2.09 bits per heavy atom. The van der Waals surface area contributed by atoms with Gasteiger partial charge in [0.05, 0.1) is 0 Å². The van der Waals surface area contributed by atoms with E-state index in [0.29, 0.717) is 6.61 Å². The molecule has 2 aromatic rings. The molecule has 3 rings (SSSR count). The lowest BCUT2D eigenvalue weighted by atomic mass is 9.92. The minimum atomic E-state index is -0.705. The average molecular weight is 378 g/mol. The summed E-state index contributed by atoms with van der Waals surface area (Å²) in [6.07, 6.45) is 1.51. The summed E-state index contributed by atoms with van der Waals surface area (Å²) in [5.41, 5.74) is 0.622. The zero-order valence-corrected chi connectivity index (χ0v) is 14.9. The Balaban J connectivity index is 0.00000192. The second-order valence-electron chi connectivity index (χ2n) is 6.09. The van der Waals surface area contributed by atoms with Gasteiger partial charge in [0.25, 0.3) is 0 Å². The van der Waals surface area contributed by atoms with Crippen LogP contribution in [0.15, 0.2) is 60.7 Å². The summed E-state index contributed by atoms with van der Waals surface area (Å²) in [4.78, 5) is 2.40. The molecule has 23 heavy (non-hydrogen) atoms. The van der Waals surface area contributed by atoms with Gasteiger partial charge in [0.15, 0.2) is 0 Å². The molecule has 4 heteroatoms. The number of para-hydroxylation sites is 1. The predicted octanol–water partition coefficient (Wildman–Crippen LogP) is 3.67. The summed E-state index contributed by atoms with van der Waals surface area (Å²) in [6.45, 7) is 3.14. The van der Waals surface area contributed by atoms with E-state index in [1.54, 1.807) is 0 Å². The zero-order valence-electron chi connectivity index (χ0n) is 13.2. The molecule has 1 saturated heterocycles. The maximum Gasteiger partial charge on any atom is 0.119 e. The minimum absolute atomic E-state index is 0. The number of rotatable bonds is 5. The van der Waals surface area contributed by atoms with Crippen molar-refractivity contribution < 1.29 is 9.84 Å². The number of hydrogen-bond donors (Lipinski definition) is 1. The molecule has 0 atom stereocenters. The van der Waals surface area contributed by atoms with Crippen molar-refractivity contribution in [2.24, 2.45) is 0 Å². The highest BCUT2D eigenvalue weighted by Crippen LogP contribution is 2.24. The van der Waals surface area contributed by atoms with Crippen molar-refractivity contribution in [3.05, 3.63) is 66.2 Å². The van der Waals surface area contributed by atoms with Gasteiger partial charge in [0.2, 0.25) is 0 Å². The van der Waals surface area contributed by atoms with E-state index < -0.39 is 5.60 Å². The Morgan fingerprint density at radius 1 is 0.913 bits per heavy atom. The molecule has 1 N–H and O–H groups in total. The molecule has 0 spiro atoms. The summed E-state index contributed by atoms with van der Waals surface area (Å²) in [7, 11) is 0. The van der Waals surface area contributed by atoms with Crippen LogP contribution in [-0.2, 0) is 6.54 Å². The highest BCUT2D eigenvalue weighted by molar-refractivity contribution is 8.93. The Morgan fingerprint density at radius 2 is 1.48 bits per heavy atom. The van der Waals surface area contributed by atoms with Gasteiger partial charge in [-0.15, -0.1) is 17.0 Å². The third kappa shape index (κ3) is 5.34. The molecule has 0 amide bonds. The number of ether oxygens (including phenoxy) is 1. The molecular weight excluding hydrogens is 354 g/mol.